The molecule has 4 heterocycles. The van der Waals surface area contributed by atoms with Crippen LogP contribution in [0.3, 0.4) is 0 Å². The lowest BCUT2D eigenvalue weighted by Crippen LogP contribution is -2.33. The molecule has 37 heavy (non-hydrogen) atoms. The molecular weight excluding hydrogens is 502 g/mol. The summed E-state index contributed by atoms with van der Waals surface area (Å²) in [7, 11) is -0.753. The Morgan fingerprint density at radius 1 is 1.22 bits per heavy atom. The van der Waals surface area contributed by atoms with Gasteiger partial charge in [0, 0.05) is 47.3 Å². The Labute approximate surface area is 213 Å². The lowest BCUT2D eigenvalue weighted by atomic mass is 10.0. The zero-order chi connectivity index (χ0) is 26.4. The van der Waals surface area contributed by atoms with E-state index in [1.807, 2.05) is 12.2 Å². The third kappa shape index (κ3) is 5.33. The summed E-state index contributed by atoms with van der Waals surface area (Å²) in [4.78, 5) is 13.8. The number of hydrogen-bond acceptors (Lipinski definition) is 6. The van der Waals surface area contributed by atoms with Crippen molar-refractivity contribution in [3.05, 3.63) is 41.7 Å². The average molecular weight is 534 g/mol. The fourth-order valence-electron chi connectivity index (χ4n) is 5.36. The van der Waals surface area contributed by atoms with Crippen molar-refractivity contribution in [2.75, 3.05) is 45.5 Å². The number of fused-ring (bicyclic) bond motifs is 6. The van der Waals surface area contributed by atoms with E-state index in [0.29, 0.717) is 41.0 Å². The first-order valence-corrected chi connectivity index (χ1v) is 15.0. The molecule has 0 spiro atoms. The predicted molar refractivity (Wildman–Crippen MR) is 141 cm³/mol. The lowest BCUT2D eigenvalue weighted by molar-refractivity contribution is -0.137. The Kier molecular flexibility index (Phi) is 6.94. The third-order valence-corrected chi connectivity index (χ3v) is 8.77. The fraction of sp³-hybridized carbons (Fsp3) is 0.462. The molecule has 0 unspecified atom stereocenters. The molecule has 0 amide bonds. The van der Waals surface area contributed by atoms with Crippen molar-refractivity contribution in [1.29, 1.82) is 0 Å². The van der Waals surface area contributed by atoms with Crippen LogP contribution in [-0.2, 0) is 15.5 Å². The minimum Gasteiger partial charge on any atom is -0.376 e. The second-order valence-electron chi connectivity index (χ2n) is 10.2. The lowest BCUT2D eigenvalue weighted by Gasteiger charge is -2.24. The number of H-pyrrole nitrogens is 1. The Bertz CT molecular complexity index is 1380. The molecule has 1 aromatic carbocycles. The van der Waals surface area contributed by atoms with Gasteiger partial charge in [-0.2, -0.15) is 13.2 Å². The van der Waals surface area contributed by atoms with Gasteiger partial charge in [-0.1, -0.05) is 24.3 Å². The van der Waals surface area contributed by atoms with E-state index in [1.54, 1.807) is 25.5 Å². The van der Waals surface area contributed by atoms with E-state index in [1.165, 1.54) is 6.20 Å². The Hall–Kier alpha value is -2.68. The van der Waals surface area contributed by atoms with E-state index in [0.717, 1.165) is 37.6 Å². The second-order valence-corrected chi connectivity index (χ2v) is 13.3. The number of rotatable bonds is 1. The number of benzene rings is 1. The number of halogens is 3. The zero-order valence-corrected chi connectivity index (χ0v) is 22.0. The van der Waals surface area contributed by atoms with Gasteiger partial charge in [-0.3, -0.25) is 0 Å². The van der Waals surface area contributed by atoms with Crippen molar-refractivity contribution in [1.82, 2.24) is 19.9 Å². The maximum absolute atomic E-state index is 14.1. The molecule has 8 bridgehead atoms. The highest BCUT2D eigenvalue weighted by atomic mass is 31.2. The molecule has 1 aliphatic carbocycles. The highest BCUT2D eigenvalue weighted by molar-refractivity contribution is 7.70. The Morgan fingerprint density at radius 2 is 2.03 bits per heavy atom. The maximum atomic E-state index is 14.1. The first-order valence-electron chi connectivity index (χ1n) is 12.4. The number of nitrogens with one attached hydrogen (secondary N) is 2. The molecule has 2 aliphatic heterocycles. The molecule has 11 heteroatoms. The van der Waals surface area contributed by atoms with Gasteiger partial charge in [0.1, 0.15) is 12.7 Å². The van der Waals surface area contributed by atoms with Crippen LogP contribution in [0.4, 0.5) is 19.1 Å². The average Bonchev–Trinajstić information content (AvgIpc) is 3.46. The van der Waals surface area contributed by atoms with Gasteiger partial charge in [-0.05, 0) is 45.2 Å². The molecule has 0 saturated heterocycles. The van der Waals surface area contributed by atoms with Crippen LogP contribution in [0.1, 0.15) is 30.4 Å². The van der Waals surface area contributed by atoms with Crippen molar-refractivity contribution < 1.29 is 22.5 Å². The van der Waals surface area contributed by atoms with E-state index in [2.05, 4.69) is 32.2 Å². The minimum atomic E-state index is -4.63. The molecule has 198 valence electrons. The van der Waals surface area contributed by atoms with Crippen LogP contribution in [0.2, 0.25) is 0 Å². The Balaban J connectivity index is 1.68. The molecule has 3 aliphatic rings. The first-order chi connectivity index (χ1) is 17.5. The molecular formula is C26H31F3N5O2P. The summed E-state index contributed by atoms with van der Waals surface area (Å²) in [6.45, 7) is 5.07. The van der Waals surface area contributed by atoms with Crippen LogP contribution >= 0.6 is 7.14 Å². The minimum absolute atomic E-state index is 0.0613. The number of anilines is 1. The number of hydrogen-bond donors (Lipinski definition) is 2. The van der Waals surface area contributed by atoms with Gasteiger partial charge in [0.25, 0.3) is 0 Å². The van der Waals surface area contributed by atoms with Crippen molar-refractivity contribution >= 4 is 35.4 Å². The van der Waals surface area contributed by atoms with Crippen molar-refractivity contribution in [2.24, 2.45) is 0 Å². The van der Waals surface area contributed by atoms with Gasteiger partial charge in [0.05, 0.1) is 24.4 Å². The number of likely N-dealkylation sites (N-methyl/N-ethyl adjacent to an activating group) is 1. The first kappa shape index (κ1) is 25.9. The predicted octanol–water partition coefficient (Wildman–Crippen LogP) is 5.20. The summed E-state index contributed by atoms with van der Waals surface area (Å²) < 4.78 is 61.3. The number of aromatic amines is 1. The van der Waals surface area contributed by atoms with Crippen LogP contribution in [0, 0.1) is 0 Å². The van der Waals surface area contributed by atoms with Crippen LogP contribution in [0.25, 0.3) is 28.2 Å². The van der Waals surface area contributed by atoms with Gasteiger partial charge in [-0.15, -0.1) is 0 Å². The van der Waals surface area contributed by atoms with Crippen molar-refractivity contribution in [2.45, 2.75) is 37.5 Å². The number of nitrogens with zero attached hydrogens (tertiary/aromatic N) is 3. The van der Waals surface area contributed by atoms with Gasteiger partial charge in [-0.25, -0.2) is 9.97 Å². The monoisotopic (exact) mass is 533 g/mol. The standard InChI is InChI=1S/C26H31F3N5O2P/c1-34-10-12-36-11-4-5-16-6-9-19-20(14-30-23(19)24(16)37(2,3)35)22-21(26(27,28)29)15-31-25(33-22)32-17-7-8-18(34)13-17/h4-6,9,14-15,17-18,30H,7-8,10-13H2,1-3H3,(H,31,32,33)/b5-4+/t17-,18-/m0/s1. The number of ether oxygens (including phenoxy) is 1. The molecule has 3 aromatic rings. The maximum Gasteiger partial charge on any atom is 0.419 e. The van der Waals surface area contributed by atoms with E-state index < -0.39 is 18.9 Å². The molecule has 6 rings (SSSR count). The molecule has 2 N–H and O–H groups in total. The zero-order valence-electron chi connectivity index (χ0n) is 21.1. The summed E-state index contributed by atoms with van der Waals surface area (Å²) in [6.07, 6.45) is 4.17. The summed E-state index contributed by atoms with van der Waals surface area (Å²) in [6, 6.07) is 3.95. The SMILES string of the molecule is CN1CCOC/C=C/c2ccc3c(c[nH]c3c2P(C)(C)=O)-c2nc(ncc2C(F)(F)F)N[C@H]2CC[C@H]1C2. The van der Waals surface area contributed by atoms with E-state index in [4.69, 9.17) is 4.74 Å². The quantitative estimate of drug-likeness (QED) is 0.419. The number of aromatic nitrogens is 3. The normalized spacial score (nSPS) is 22.5. The van der Waals surface area contributed by atoms with E-state index >= 15 is 0 Å². The van der Waals surface area contributed by atoms with Gasteiger partial charge in [0.2, 0.25) is 5.95 Å². The molecule has 2 atom stereocenters. The molecule has 1 saturated carbocycles. The topological polar surface area (TPSA) is 83.1 Å². The van der Waals surface area contributed by atoms with Crippen molar-refractivity contribution in [3.63, 3.8) is 0 Å². The highest BCUT2D eigenvalue weighted by Crippen LogP contribution is 2.43. The Morgan fingerprint density at radius 3 is 2.78 bits per heavy atom. The van der Waals surface area contributed by atoms with E-state index in [9.17, 15) is 17.7 Å². The summed E-state index contributed by atoms with van der Waals surface area (Å²) in [5, 5.41) is 4.38. The van der Waals surface area contributed by atoms with E-state index in [-0.39, 0.29) is 17.7 Å². The van der Waals surface area contributed by atoms with Crippen LogP contribution in [-0.4, -0.2) is 72.1 Å². The smallest absolute Gasteiger partial charge is 0.376 e. The molecule has 1 fully saturated rings. The summed E-state index contributed by atoms with van der Waals surface area (Å²) in [5.41, 5.74) is 0.471. The molecule has 0 radical (unpaired) electrons. The van der Waals surface area contributed by atoms with Crippen LogP contribution < -0.4 is 10.6 Å². The van der Waals surface area contributed by atoms with Gasteiger partial charge < -0.3 is 24.5 Å². The van der Waals surface area contributed by atoms with Crippen LogP contribution in [0.15, 0.2) is 30.6 Å². The molecule has 2 aromatic heterocycles. The second kappa shape index (κ2) is 9.89. The highest BCUT2D eigenvalue weighted by Gasteiger charge is 2.37. The number of alkyl halides is 3. The third-order valence-electron chi connectivity index (χ3n) is 7.21. The molecule has 7 nitrogen and oxygen atoms in total. The summed E-state index contributed by atoms with van der Waals surface area (Å²) >= 11 is 0. The largest absolute Gasteiger partial charge is 0.419 e. The van der Waals surface area contributed by atoms with Gasteiger partial charge >= 0.3 is 6.18 Å². The van der Waals surface area contributed by atoms with Crippen LogP contribution in [0.5, 0.6) is 0 Å². The summed E-state index contributed by atoms with van der Waals surface area (Å²) in [5.74, 6) is 0.170. The fourth-order valence-corrected chi connectivity index (χ4v) is 6.86. The van der Waals surface area contributed by atoms with Crippen molar-refractivity contribution in [3.8, 4) is 11.3 Å². The van der Waals surface area contributed by atoms with Gasteiger partial charge in [0.15, 0.2) is 0 Å².